The number of carbonyl (C=O) groups is 1. The first kappa shape index (κ1) is 17.2. The highest BCUT2D eigenvalue weighted by molar-refractivity contribution is 5.81. The zero-order chi connectivity index (χ0) is 13.9. The molecule has 0 heterocycles. The molecular weight excluding hydrogens is 226 g/mol. The Morgan fingerprint density at radius 1 is 1.11 bits per heavy atom. The van der Waals surface area contributed by atoms with Gasteiger partial charge in [0.1, 0.15) is 13.2 Å². The van der Waals surface area contributed by atoms with Crippen molar-refractivity contribution in [2.45, 2.75) is 46.5 Å². The van der Waals surface area contributed by atoms with E-state index < -0.39 is 0 Å². The second-order valence-corrected chi connectivity index (χ2v) is 4.91. The Labute approximate surface area is 112 Å². The van der Waals surface area contributed by atoms with Crippen molar-refractivity contribution in [3.63, 3.8) is 0 Å². The molecule has 0 aromatic carbocycles. The molecule has 0 aromatic heterocycles. The predicted octanol–water partition coefficient (Wildman–Crippen LogP) is 3.15. The number of carbonyl (C=O) groups excluding carboxylic acids is 1. The van der Waals surface area contributed by atoms with E-state index in [1.807, 2.05) is 0 Å². The second-order valence-electron chi connectivity index (χ2n) is 4.91. The molecule has 0 unspecified atom stereocenters. The third kappa shape index (κ3) is 6.80. The van der Waals surface area contributed by atoms with Crippen molar-refractivity contribution in [1.29, 1.82) is 0 Å². The van der Waals surface area contributed by atoms with Crippen LogP contribution in [0.4, 0.5) is 0 Å². The van der Waals surface area contributed by atoms with Gasteiger partial charge in [0, 0.05) is 6.08 Å². The normalized spacial score (nSPS) is 11.3. The molecule has 0 amide bonds. The number of hydrogen-bond acceptors (Lipinski definition) is 2. The minimum atomic E-state index is -0.310. The smallest absolute Gasteiger partial charge is 0.330 e. The molecule has 18 heavy (non-hydrogen) atoms. The summed E-state index contributed by atoms with van der Waals surface area (Å²) >= 11 is 0. The lowest BCUT2D eigenvalue weighted by Gasteiger charge is -2.37. The average molecular weight is 256 g/mol. The van der Waals surface area contributed by atoms with Crippen LogP contribution in [0.2, 0.25) is 0 Å². The first-order valence-electron chi connectivity index (χ1n) is 7.28. The van der Waals surface area contributed by atoms with Gasteiger partial charge in [-0.15, -0.1) is 0 Å². The topological polar surface area (TPSA) is 26.3 Å². The molecule has 0 fully saturated rings. The quantitative estimate of drug-likeness (QED) is 0.322. The molecule has 0 aliphatic heterocycles. The molecule has 0 aliphatic carbocycles. The number of nitrogens with zero attached hydrogens (tertiary/aromatic N) is 1. The van der Waals surface area contributed by atoms with E-state index in [1.54, 1.807) is 0 Å². The number of likely N-dealkylation sites (N-methyl/N-ethyl adjacent to an activating group) is 1. The molecule has 0 radical (unpaired) electrons. The Bertz CT molecular complexity index is 231. The van der Waals surface area contributed by atoms with E-state index in [4.69, 9.17) is 4.74 Å². The van der Waals surface area contributed by atoms with Crippen LogP contribution in [0, 0.1) is 0 Å². The summed E-state index contributed by atoms with van der Waals surface area (Å²) in [6, 6.07) is 0. The SMILES string of the molecule is C=CC(=O)OCC[N+](CC)(CCCC)CCCC. The summed E-state index contributed by atoms with van der Waals surface area (Å²) in [6.45, 7) is 15.0. The monoisotopic (exact) mass is 256 g/mol. The molecule has 3 heteroatoms. The maximum Gasteiger partial charge on any atom is 0.330 e. The second kappa shape index (κ2) is 10.1. The molecule has 0 bridgehead atoms. The van der Waals surface area contributed by atoms with Crippen LogP contribution in [0.5, 0.6) is 0 Å². The molecule has 0 spiro atoms. The van der Waals surface area contributed by atoms with Crippen LogP contribution in [0.15, 0.2) is 12.7 Å². The molecule has 3 nitrogen and oxygen atoms in total. The summed E-state index contributed by atoms with van der Waals surface area (Å²) in [7, 11) is 0. The van der Waals surface area contributed by atoms with Crippen molar-refractivity contribution < 1.29 is 14.0 Å². The number of ether oxygens (including phenoxy) is 1. The maximum atomic E-state index is 11.1. The Morgan fingerprint density at radius 2 is 1.67 bits per heavy atom. The average Bonchev–Trinajstić information content (AvgIpc) is 2.41. The number of hydrogen-bond donors (Lipinski definition) is 0. The number of unbranched alkanes of at least 4 members (excludes halogenated alkanes) is 2. The van der Waals surface area contributed by atoms with E-state index in [0.29, 0.717) is 6.61 Å². The molecule has 0 aromatic rings. The van der Waals surface area contributed by atoms with Crippen molar-refractivity contribution >= 4 is 5.97 Å². The van der Waals surface area contributed by atoms with Gasteiger partial charge < -0.3 is 9.22 Å². The van der Waals surface area contributed by atoms with Crippen molar-refractivity contribution in [3.05, 3.63) is 12.7 Å². The van der Waals surface area contributed by atoms with Crippen LogP contribution in [0.1, 0.15) is 46.5 Å². The largest absolute Gasteiger partial charge is 0.457 e. The highest BCUT2D eigenvalue weighted by Crippen LogP contribution is 2.12. The van der Waals surface area contributed by atoms with Crippen LogP contribution in [-0.4, -0.2) is 43.2 Å². The van der Waals surface area contributed by atoms with E-state index in [0.717, 1.165) is 17.6 Å². The first-order chi connectivity index (χ1) is 8.64. The Balaban J connectivity index is 4.31. The third-order valence-corrected chi connectivity index (χ3v) is 3.62. The molecule has 0 aliphatic rings. The highest BCUT2D eigenvalue weighted by atomic mass is 16.5. The Kier molecular flexibility index (Phi) is 9.66. The van der Waals surface area contributed by atoms with Crippen LogP contribution in [-0.2, 0) is 9.53 Å². The Morgan fingerprint density at radius 3 is 2.06 bits per heavy atom. The van der Waals surface area contributed by atoms with Gasteiger partial charge in [0.25, 0.3) is 0 Å². The van der Waals surface area contributed by atoms with Crippen molar-refractivity contribution in [3.8, 4) is 0 Å². The van der Waals surface area contributed by atoms with E-state index in [2.05, 4.69) is 27.4 Å². The van der Waals surface area contributed by atoms with Gasteiger partial charge >= 0.3 is 5.97 Å². The van der Waals surface area contributed by atoms with Gasteiger partial charge in [-0.3, -0.25) is 0 Å². The molecule has 0 saturated carbocycles. The fraction of sp³-hybridized carbons (Fsp3) is 0.800. The molecule has 0 N–H and O–H groups in total. The highest BCUT2D eigenvalue weighted by Gasteiger charge is 2.24. The first-order valence-corrected chi connectivity index (χ1v) is 7.28. The predicted molar refractivity (Wildman–Crippen MR) is 76.4 cm³/mol. The summed E-state index contributed by atoms with van der Waals surface area (Å²) in [5, 5.41) is 0. The lowest BCUT2D eigenvalue weighted by molar-refractivity contribution is -0.927. The summed E-state index contributed by atoms with van der Waals surface area (Å²) in [4.78, 5) is 11.1. The van der Waals surface area contributed by atoms with Crippen LogP contribution in [0.3, 0.4) is 0 Å². The standard InChI is InChI=1S/C15H30NO2/c1-5-9-11-16(8-4,12-10-6-2)13-14-18-15(17)7-3/h7H,3,5-6,8-14H2,1-2,4H3/q+1. The lowest BCUT2D eigenvalue weighted by atomic mass is 10.2. The summed E-state index contributed by atoms with van der Waals surface area (Å²) in [5.41, 5.74) is 0. The van der Waals surface area contributed by atoms with Gasteiger partial charge in [0.2, 0.25) is 0 Å². The van der Waals surface area contributed by atoms with E-state index in [1.165, 1.54) is 44.8 Å². The number of rotatable bonds is 11. The van der Waals surface area contributed by atoms with Gasteiger partial charge in [0.05, 0.1) is 19.6 Å². The molecular formula is C15H30NO2+. The fourth-order valence-corrected chi connectivity index (χ4v) is 2.20. The summed E-state index contributed by atoms with van der Waals surface area (Å²) in [5.74, 6) is -0.310. The maximum absolute atomic E-state index is 11.1. The van der Waals surface area contributed by atoms with Gasteiger partial charge in [0.15, 0.2) is 0 Å². The zero-order valence-corrected chi connectivity index (χ0v) is 12.4. The molecule has 0 atom stereocenters. The van der Waals surface area contributed by atoms with Crippen molar-refractivity contribution in [1.82, 2.24) is 0 Å². The molecule has 106 valence electrons. The fourth-order valence-electron chi connectivity index (χ4n) is 2.20. The summed E-state index contributed by atoms with van der Waals surface area (Å²) in [6.07, 6.45) is 6.16. The van der Waals surface area contributed by atoms with E-state index in [9.17, 15) is 4.79 Å². The van der Waals surface area contributed by atoms with Gasteiger partial charge in [-0.25, -0.2) is 4.79 Å². The minimum absolute atomic E-state index is 0.310. The number of quaternary nitrogens is 1. The summed E-state index contributed by atoms with van der Waals surface area (Å²) < 4.78 is 6.21. The van der Waals surface area contributed by atoms with Crippen molar-refractivity contribution in [2.24, 2.45) is 0 Å². The van der Waals surface area contributed by atoms with Gasteiger partial charge in [-0.05, 0) is 19.8 Å². The third-order valence-electron chi connectivity index (χ3n) is 3.62. The Hall–Kier alpha value is -0.830. The zero-order valence-electron chi connectivity index (χ0n) is 12.4. The van der Waals surface area contributed by atoms with E-state index in [-0.39, 0.29) is 5.97 Å². The van der Waals surface area contributed by atoms with Crippen LogP contribution >= 0.6 is 0 Å². The van der Waals surface area contributed by atoms with Crippen LogP contribution < -0.4 is 0 Å². The molecule has 0 rings (SSSR count). The van der Waals surface area contributed by atoms with E-state index >= 15 is 0 Å². The minimum Gasteiger partial charge on any atom is -0.457 e. The molecule has 0 saturated heterocycles. The van der Waals surface area contributed by atoms with Crippen molar-refractivity contribution in [2.75, 3.05) is 32.8 Å². The number of esters is 1. The van der Waals surface area contributed by atoms with Crippen LogP contribution in [0.25, 0.3) is 0 Å². The van der Waals surface area contributed by atoms with Gasteiger partial charge in [-0.2, -0.15) is 0 Å². The van der Waals surface area contributed by atoms with Gasteiger partial charge in [-0.1, -0.05) is 33.3 Å². The lowest BCUT2D eigenvalue weighted by Crippen LogP contribution is -2.51.